The number of fused-ring (bicyclic) bond motifs is 1. The maximum absolute atomic E-state index is 11.4. The summed E-state index contributed by atoms with van der Waals surface area (Å²) in [6.07, 6.45) is 11.4. The van der Waals surface area contributed by atoms with Crippen molar-refractivity contribution in [3.05, 3.63) is 43.0 Å². The third kappa shape index (κ3) is 5.05. The Morgan fingerprint density at radius 1 is 1.32 bits per heavy atom. The summed E-state index contributed by atoms with van der Waals surface area (Å²) in [4.78, 5) is 29.8. The Hall–Kier alpha value is -4.20. The van der Waals surface area contributed by atoms with Crippen molar-refractivity contribution in [2.45, 2.75) is 19.3 Å². The summed E-state index contributed by atoms with van der Waals surface area (Å²) in [5, 5.41) is 11.2. The molecule has 11 heteroatoms. The highest BCUT2D eigenvalue weighted by atomic mass is 16.5. The van der Waals surface area contributed by atoms with E-state index in [2.05, 4.69) is 36.7 Å². The number of carbonyl (C=O) groups excluding carboxylic acids is 1. The Kier molecular flexibility index (Phi) is 6.95. The van der Waals surface area contributed by atoms with Crippen LogP contribution in [0.2, 0.25) is 0 Å². The van der Waals surface area contributed by atoms with Crippen LogP contribution in [0.15, 0.2) is 37.4 Å². The first kappa shape index (κ1) is 21.5. The van der Waals surface area contributed by atoms with Crippen LogP contribution in [0, 0.1) is 11.3 Å². The second kappa shape index (κ2) is 10.0. The molecule has 0 aliphatic carbocycles. The maximum atomic E-state index is 11.4. The lowest BCUT2D eigenvalue weighted by molar-refractivity contribution is -0.111. The zero-order valence-electron chi connectivity index (χ0n) is 17.2. The number of hydrogen-bond acceptors (Lipinski definition) is 9. The van der Waals surface area contributed by atoms with Crippen LogP contribution in [0.4, 0.5) is 17.6 Å². The van der Waals surface area contributed by atoms with Gasteiger partial charge in [-0.05, 0) is 25.3 Å². The lowest BCUT2D eigenvalue weighted by atomic mass is 10.1. The van der Waals surface area contributed by atoms with Crippen molar-refractivity contribution in [2.75, 3.05) is 36.1 Å². The number of nitriles is 1. The van der Waals surface area contributed by atoms with Crippen molar-refractivity contribution in [1.82, 2.24) is 24.3 Å². The van der Waals surface area contributed by atoms with Crippen LogP contribution in [-0.2, 0) is 4.79 Å². The first-order valence-electron chi connectivity index (χ1n) is 9.64. The summed E-state index contributed by atoms with van der Waals surface area (Å²) >= 11 is 0. The van der Waals surface area contributed by atoms with Crippen molar-refractivity contribution in [3.8, 4) is 11.9 Å². The summed E-state index contributed by atoms with van der Waals surface area (Å²) in [6.45, 7) is 5.47. The van der Waals surface area contributed by atoms with Gasteiger partial charge in [-0.2, -0.15) is 10.2 Å². The number of aromatic nitrogens is 5. The third-order valence-electron chi connectivity index (χ3n) is 4.59. The normalized spacial score (nSPS) is 13.0. The number of nitrogens with zero attached hydrogens (tertiary/aromatic N) is 7. The zero-order chi connectivity index (χ0) is 22.2. The highest BCUT2D eigenvalue weighted by molar-refractivity contribution is 5.98. The van der Waals surface area contributed by atoms with Crippen molar-refractivity contribution in [2.24, 2.45) is 0 Å². The summed E-state index contributed by atoms with van der Waals surface area (Å²) in [7, 11) is 1.42. The fourth-order valence-electron chi connectivity index (χ4n) is 3.12. The van der Waals surface area contributed by atoms with E-state index >= 15 is 0 Å². The van der Waals surface area contributed by atoms with Gasteiger partial charge in [-0.15, -0.1) is 0 Å². The molecule has 164 valence electrons. The first-order chi connectivity index (χ1) is 15.1. The molecule has 4 rings (SSSR count). The molecule has 0 bridgehead atoms. The predicted molar refractivity (Wildman–Crippen MR) is 120 cm³/mol. The van der Waals surface area contributed by atoms with E-state index in [-0.39, 0.29) is 26.2 Å². The average molecular weight is 425 g/mol. The van der Waals surface area contributed by atoms with Gasteiger partial charge in [0.1, 0.15) is 17.5 Å². The van der Waals surface area contributed by atoms with Gasteiger partial charge in [-0.1, -0.05) is 6.58 Å². The van der Waals surface area contributed by atoms with Gasteiger partial charge in [0.25, 0.3) is 0 Å². The van der Waals surface area contributed by atoms with Crippen LogP contribution in [0.25, 0.3) is 5.65 Å². The molecule has 0 radical (unpaired) electrons. The molecule has 4 heterocycles. The predicted octanol–water partition coefficient (Wildman–Crippen LogP) is 2.28. The van der Waals surface area contributed by atoms with E-state index in [0.29, 0.717) is 5.82 Å². The van der Waals surface area contributed by atoms with Crippen molar-refractivity contribution in [1.29, 1.82) is 5.26 Å². The summed E-state index contributed by atoms with van der Waals surface area (Å²) in [6, 6.07) is 1.87. The molecule has 1 saturated heterocycles. The van der Waals surface area contributed by atoms with E-state index in [9.17, 15) is 4.79 Å². The van der Waals surface area contributed by atoms with E-state index < -0.39 is 0 Å². The number of piperidine rings is 1. The summed E-state index contributed by atoms with van der Waals surface area (Å²) in [5.41, 5.74) is 6.30. The summed E-state index contributed by atoms with van der Waals surface area (Å²) in [5.74, 6) is 1.57. The number of methoxy groups -OCH3 is 1. The topological polar surface area (TPSA) is 147 Å². The second-order valence-corrected chi connectivity index (χ2v) is 6.59. The Labute approximate surface area is 182 Å². The molecule has 3 aromatic heterocycles. The number of nitrogen functional groups attached to an aromatic ring is 1. The lowest BCUT2D eigenvalue weighted by Gasteiger charge is -2.27. The molecule has 3 N–H and O–H groups in total. The molecule has 0 saturated carbocycles. The molecular weight excluding hydrogens is 398 g/mol. The fraction of sp³-hybridized carbons (Fsp3) is 0.300. The minimum absolute atomic E-state index is 0. The second-order valence-electron chi connectivity index (χ2n) is 6.59. The number of nitrogens with two attached hydrogens (primary N) is 1. The van der Waals surface area contributed by atoms with Crippen LogP contribution in [0.3, 0.4) is 0 Å². The van der Waals surface area contributed by atoms with E-state index in [1.807, 2.05) is 10.5 Å². The number of amides is 1. The van der Waals surface area contributed by atoms with Gasteiger partial charge in [0.05, 0.1) is 19.5 Å². The molecule has 0 aromatic carbocycles. The number of imidazole rings is 1. The van der Waals surface area contributed by atoms with Crippen LogP contribution in [-0.4, -0.2) is 50.4 Å². The number of carbonyl (C=O) groups is 1. The molecule has 1 fully saturated rings. The fourth-order valence-corrected chi connectivity index (χ4v) is 3.12. The maximum Gasteiger partial charge on any atom is 0.248 e. The molecule has 0 atom stereocenters. The molecule has 0 unspecified atom stereocenters. The molecule has 1 aliphatic rings. The van der Waals surface area contributed by atoms with Crippen molar-refractivity contribution in [3.63, 3.8) is 0 Å². The van der Waals surface area contributed by atoms with Gasteiger partial charge in [0.15, 0.2) is 11.5 Å². The first-order valence-corrected chi connectivity index (χ1v) is 9.64. The highest BCUT2D eigenvalue weighted by Crippen LogP contribution is 2.23. The van der Waals surface area contributed by atoms with Gasteiger partial charge in [-0.3, -0.25) is 9.20 Å². The minimum atomic E-state index is -0.247. The van der Waals surface area contributed by atoms with E-state index in [4.69, 9.17) is 15.7 Å². The largest absolute Gasteiger partial charge is 0.480 e. The number of rotatable bonds is 4. The number of ether oxygens (including phenoxy) is 1. The Balaban J connectivity index is 0.000000362. The average Bonchev–Trinajstić information content (AvgIpc) is 3.22. The van der Waals surface area contributed by atoms with Crippen molar-refractivity contribution < 1.29 is 12.4 Å². The standard InChI is InChI=1S/C14H17N5O.C6H6N4O.2H2/c1-2-12(20)17-11-10-16-14-13(15-6-9-19(11)14)18-7-4-3-5-8-18;1-11-5-4(2-7)3-9-6(8)10-5;;/h2,6,9-10H,1,3-5,7-8H2,(H,17,20);3H,1H3,(H2,8,9,10);2*1H. The van der Waals surface area contributed by atoms with Crippen LogP contribution >= 0.6 is 0 Å². The smallest absolute Gasteiger partial charge is 0.248 e. The Morgan fingerprint density at radius 2 is 2.10 bits per heavy atom. The molecule has 0 spiro atoms. The Morgan fingerprint density at radius 3 is 2.77 bits per heavy atom. The number of hydrogen-bond donors (Lipinski definition) is 2. The van der Waals surface area contributed by atoms with E-state index in [0.717, 1.165) is 24.6 Å². The highest BCUT2D eigenvalue weighted by Gasteiger charge is 2.17. The molecule has 3 aromatic rings. The van der Waals surface area contributed by atoms with Crippen LogP contribution < -0.4 is 20.7 Å². The Bertz CT molecular complexity index is 1120. The molecule has 1 amide bonds. The SMILES string of the molecule is C=CC(=O)Nc1cnc2c(N3CCCCC3)nccn12.COc1nc(N)ncc1C#N.[HH].[HH]. The van der Waals surface area contributed by atoms with E-state index in [1.165, 1.54) is 38.6 Å². The zero-order valence-corrected chi connectivity index (χ0v) is 17.2. The van der Waals surface area contributed by atoms with Gasteiger partial charge < -0.3 is 20.7 Å². The van der Waals surface area contributed by atoms with Gasteiger partial charge >= 0.3 is 0 Å². The molecule has 1 aliphatic heterocycles. The van der Waals surface area contributed by atoms with E-state index in [1.54, 1.807) is 18.6 Å². The van der Waals surface area contributed by atoms with Crippen molar-refractivity contribution >= 4 is 29.1 Å². The number of nitrogens with one attached hydrogen (secondary N) is 1. The molecule has 31 heavy (non-hydrogen) atoms. The molecular formula is C20H27N9O2. The molecule has 11 nitrogen and oxygen atoms in total. The minimum Gasteiger partial charge on any atom is -0.480 e. The summed E-state index contributed by atoms with van der Waals surface area (Å²) < 4.78 is 6.61. The number of anilines is 3. The monoisotopic (exact) mass is 425 g/mol. The lowest BCUT2D eigenvalue weighted by Crippen LogP contribution is -2.30. The van der Waals surface area contributed by atoms with Crippen LogP contribution in [0.1, 0.15) is 27.7 Å². The van der Waals surface area contributed by atoms with Crippen LogP contribution in [0.5, 0.6) is 5.88 Å². The van der Waals surface area contributed by atoms with Gasteiger partial charge in [0.2, 0.25) is 17.7 Å². The quantitative estimate of drug-likeness (QED) is 0.600. The third-order valence-corrected chi connectivity index (χ3v) is 4.59. The van der Waals surface area contributed by atoms with Gasteiger partial charge in [-0.25, -0.2) is 15.0 Å². The van der Waals surface area contributed by atoms with Gasteiger partial charge in [0, 0.05) is 28.3 Å².